The number of ether oxygens (including phenoxy) is 2. The summed E-state index contributed by atoms with van der Waals surface area (Å²) in [7, 11) is 2.99. The molecule has 0 radical (unpaired) electrons. The van der Waals surface area contributed by atoms with Crippen molar-refractivity contribution in [3.63, 3.8) is 0 Å². The summed E-state index contributed by atoms with van der Waals surface area (Å²) in [6.45, 7) is 0. The molecular formula is C12H11NO4. The lowest BCUT2D eigenvalue weighted by Gasteiger charge is -2.12. The van der Waals surface area contributed by atoms with E-state index in [9.17, 15) is 9.59 Å². The lowest BCUT2D eigenvalue weighted by atomic mass is 10.0. The predicted molar refractivity (Wildman–Crippen MR) is 60.7 cm³/mol. The van der Waals surface area contributed by atoms with Gasteiger partial charge >= 0.3 is 0 Å². The van der Waals surface area contributed by atoms with Gasteiger partial charge in [-0.2, -0.15) is 0 Å². The molecule has 0 saturated heterocycles. The molecule has 0 saturated carbocycles. The Morgan fingerprint density at radius 2 is 1.65 bits per heavy atom. The molecule has 1 aliphatic heterocycles. The van der Waals surface area contributed by atoms with E-state index >= 15 is 0 Å². The summed E-state index contributed by atoms with van der Waals surface area (Å²) in [6, 6.07) is 5.15. The Labute approximate surface area is 98.0 Å². The van der Waals surface area contributed by atoms with E-state index in [0.29, 0.717) is 17.1 Å². The average molecular weight is 233 g/mol. The Kier molecular flexibility index (Phi) is 2.82. The molecule has 1 aromatic rings. The van der Waals surface area contributed by atoms with E-state index in [1.54, 1.807) is 18.2 Å². The topological polar surface area (TPSA) is 64.6 Å². The normalized spacial score (nSPS) is 14.4. The van der Waals surface area contributed by atoms with E-state index in [0.717, 1.165) is 0 Å². The van der Waals surface area contributed by atoms with Crippen molar-refractivity contribution in [3.05, 3.63) is 29.8 Å². The Balaban J connectivity index is 2.61. The van der Waals surface area contributed by atoms with Gasteiger partial charge in [-0.25, -0.2) is 0 Å². The molecule has 0 bridgehead atoms. The maximum atomic E-state index is 11.6. The summed E-state index contributed by atoms with van der Waals surface area (Å²) in [5.74, 6) is 0.0941. The van der Waals surface area contributed by atoms with Crippen LogP contribution in [0.4, 0.5) is 0 Å². The van der Waals surface area contributed by atoms with Crippen LogP contribution >= 0.6 is 0 Å². The number of imide groups is 1. The van der Waals surface area contributed by atoms with Gasteiger partial charge in [0.1, 0.15) is 11.5 Å². The number of benzene rings is 1. The number of amides is 2. The fourth-order valence-electron chi connectivity index (χ4n) is 1.71. The summed E-state index contributed by atoms with van der Waals surface area (Å²) in [5, 5.41) is 2.19. The predicted octanol–water partition coefficient (Wildman–Crippen LogP) is 0.744. The first kappa shape index (κ1) is 11.2. The number of hydrogen-bond donors (Lipinski definition) is 1. The van der Waals surface area contributed by atoms with E-state index in [1.807, 2.05) is 0 Å². The molecule has 1 aromatic carbocycles. The van der Waals surface area contributed by atoms with E-state index in [2.05, 4.69) is 5.32 Å². The van der Waals surface area contributed by atoms with Crippen LogP contribution in [0.3, 0.4) is 0 Å². The standard InChI is InChI=1S/C12H11NO4/c1-16-8-4-3-5-9(17-2)11(8)7-6-10(14)13-12(7)15/h3-6H,1-2H3,(H,13,14,15). The number of hydrogen-bond acceptors (Lipinski definition) is 4. The van der Waals surface area contributed by atoms with Crippen LogP contribution in [0.2, 0.25) is 0 Å². The minimum absolute atomic E-state index is 0.254. The molecular weight excluding hydrogens is 222 g/mol. The van der Waals surface area contributed by atoms with Gasteiger partial charge in [0.25, 0.3) is 11.8 Å². The maximum Gasteiger partial charge on any atom is 0.259 e. The second-order valence-electron chi connectivity index (χ2n) is 3.41. The molecule has 1 heterocycles. The summed E-state index contributed by atoms with van der Waals surface area (Å²) >= 11 is 0. The van der Waals surface area contributed by atoms with E-state index < -0.39 is 11.8 Å². The first-order chi connectivity index (χ1) is 8.17. The lowest BCUT2D eigenvalue weighted by Crippen LogP contribution is -2.22. The Hall–Kier alpha value is -2.30. The van der Waals surface area contributed by atoms with Gasteiger partial charge in [0.2, 0.25) is 0 Å². The van der Waals surface area contributed by atoms with E-state index in [-0.39, 0.29) is 5.57 Å². The van der Waals surface area contributed by atoms with Crippen LogP contribution in [0.5, 0.6) is 11.5 Å². The van der Waals surface area contributed by atoms with Crippen LogP contribution < -0.4 is 14.8 Å². The molecule has 1 aliphatic rings. The van der Waals surface area contributed by atoms with Gasteiger partial charge < -0.3 is 9.47 Å². The molecule has 0 aliphatic carbocycles. The van der Waals surface area contributed by atoms with Crippen LogP contribution in [0.15, 0.2) is 24.3 Å². The van der Waals surface area contributed by atoms with Gasteiger partial charge in [-0.3, -0.25) is 14.9 Å². The van der Waals surface area contributed by atoms with Gasteiger partial charge in [0.15, 0.2) is 0 Å². The molecule has 0 atom stereocenters. The zero-order valence-electron chi connectivity index (χ0n) is 9.44. The van der Waals surface area contributed by atoms with Crippen LogP contribution in [0.25, 0.3) is 5.57 Å². The first-order valence-corrected chi connectivity index (χ1v) is 4.95. The molecule has 2 amide bonds. The molecule has 5 nitrogen and oxygen atoms in total. The van der Waals surface area contributed by atoms with Gasteiger partial charge in [-0.15, -0.1) is 0 Å². The second kappa shape index (κ2) is 4.29. The minimum Gasteiger partial charge on any atom is -0.496 e. The van der Waals surface area contributed by atoms with Crippen LogP contribution in [0, 0.1) is 0 Å². The average Bonchev–Trinajstić information content (AvgIpc) is 2.67. The molecule has 0 aromatic heterocycles. The highest BCUT2D eigenvalue weighted by Crippen LogP contribution is 2.35. The summed E-state index contributed by atoms with van der Waals surface area (Å²) < 4.78 is 10.3. The zero-order chi connectivity index (χ0) is 12.4. The number of carbonyl (C=O) groups excluding carboxylic acids is 2. The SMILES string of the molecule is COc1cccc(OC)c1C1=CC(=O)NC1=O. The largest absolute Gasteiger partial charge is 0.496 e. The molecule has 0 spiro atoms. The van der Waals surface area contributed by atoms with Crippen molar-refractivity contribution in [3.8, 4) is 11.5 Å². The highest BCUT2D eigenvalue weighted by molar-refractivity contribution is 6.34. The van der Waals surface area contributed by atoms with Crippen LogP contribution in [0.1, 0.15) is 5.56 Å². The summed E-state index contributed by atoms with van der Waals surface area (Å²) in [5.41, 5.74) is 0.741. The van der Waals surface area contributed by atoms with E-state index in [4.69, 9.17) is 9.47 Å². The molecule has 1 N–H and O–H groups in total. The Bertz CT molecular complexity index is 497. The summed E-state index contributed by atoms with van der Waals surface area (Å²) in [6.07, 6.45) is 1.24. The summed E-state index contributed by atoms with van der Waals surface area (Å²) in [4.78, 5) is 22.8. The zero-order valence-corrected chi connectivity index (χ0v) is 9.44. The molecule has 17 heavy (non-hydrogen) atoms. The van der Waals surface area contributed by atoms with Crippen molar-refractivity contribution in [2.75, 3.05) is 14.2 Å². The molecule has 2 rings (SSSR count). The monoisotopic (exact) mass is 233 g/mol. The number of methoxy groups -OCH3 is 2. The van der Waals surface area contributed by atoms with Gasteiger partial charge in [-0.05, 0) is 12.1 Å². The fourth-order valence-corrected chi connectivity index (χ4v) is 1.71. The van der Waals surface area contributed by atoms with Crippen molar-refractivity contribution in [1.82, 2.24) is 5.32 Å². The lowest BCUT2D eigenvalue weighted by molar-refractivity contribution is -0.123. The molecule has 5 heteroatoms. The van der Waals surface area contributed by atoms with Gasteiger partial charge in [0.05, 0.1) is 25.4 Å². The van der Waals surface area contributed by atoms with Crippen molar-refractivity contribution >= 4 is 17.4 Å². The van der Waals surface area contributed by atoms with Crippen molar-refractivity contribution in [2.45, 2.75) is 0 Å². The smallest absolute Gasteiger partial charge is 0.259 e. The quantitative estimate of drug-likeness (QED) is 0.782. The fraction of sp³-hybridized carbons (Fsp3) is 0.167. The van der Waals surface area contributed by atoms with Gasteiger partial charge in [0, 0.05) is 6.08 Å². The molecule has 0 unspecified atom stereocenters. The number of carbonyl (C=O) groups is 2. The third-order valence-electron chi connectivity index (χ3n) is 2.45. The Morgan fingerprint density at radius 3 is 2.06 bits per heavy atom. The van der Waals surface area contributed by atoms with Crippen LogP contribution in [-0.4, -0.2) is 26.0 Å². The number of rotatable bonds is 3. The maximum absolute atomic E-state index is 11.6. The van der Waals surface area contributed by atoms with E-state index in [1.165, 1.54) is 20.3 Å². The van der Waals surface area contributed by atoms with Crippen molar-refractivity contribution < 1.29 is 19.1 Å². The highest BCUT2D eigenvalue weighted by Gasteiger charge is 2.27. The molecule has 0 fully saturated rings. The van der Waals surface area contributed by atoms with Crippen molar-refractivity contribution in [1.29, 1.82) is 0 Å². The third-order valence-corrected chi connectivity index (χ3v) is 2.45. The second-order valence-corrected chi connectivity index (χ2v) is 3.41. The van der Waals surface area contributed by atoms with Crippen LogP contribution in [-0.2, 0) is 9.59 Å². The highest BCUT2D eigenvalue weighted by atomic mass is 16.5. The van der Waals surface area contributed by atoms with Gasteiger partial charge in [-0.1, -0.05) is 6.07 Å². The number of nitrogens with one attached hydrogen (secondary N) is 1. The third kappa shape index (κ3) is 1.87. The first-order valence-electron chi connectivity index (χ1n) is 4.95. The molecule has 88 valence electrons. The minimum atomic E-state index is -0.446. The Morgan fingerprint density at radius 1 is 1.06 bits per heavy atom. The van der Waals surface area contributed by atoms with Crippen molar-refractivity contribution in [2.24, 2.45) is 0 Å².